The van der Waals surface area contributed by atoms with Gasteiger partial charge in [0, 0.05) is 0 Å². The van der Waals surface area contributed by atoms with Gasteiger partial charge in [-0.1, -0.05) is 5.70 Å². The third-order valence-corrected chi connectivity index (χ3v) is 5.01. The normalized spacial score (nSPS) is 45.4. The van der Waals surface area contributed by atoms with Crippen LogP contribution in [-0.2, 0) is 4.43 Å². The van der Waals surface area contributed by atoms with Crippen molar-refractivity contribution in [3.05, 3.63) is 12.3 Å². The van der Waals surface area contributed by atoms with E-state index in [1.165, 1.54) is 0 Å². The van der Waals surface area contributed by atoms with Gasteiger partial charge in [0.05, 0.1) is 0 Å². The third kappa shape index (κ3) is 1.90. The van der Waals surface area contributed by atoms with E-state index in [4.69, 9.17) is 14.6 Å². The molecule has 1 heterocycles. The lowest BCUT2D eigenvalue weighted by atomic mass is 10.3. The quantitative estimate of drug-likeness (QED) is 0.565. The Hall–Kier alpha value is -0.163. The van der Waals surface area contributed by atoms with Crippen LogP contribution in [0.25, 0.3) is 0 Å². The second kappa shape index (κ2) is 3.06. The Morgan fingerprint density at radius 2 is 2.27 bits per heavy atom. The molecule has 0 bridgehead atoms. The summed E-state index contributed by atoms with van der Waals surface area (Å²) in [4.78, 5) is 0. The van der Waals surface area contributed by atoms with Gasteiger partial charge < -0.3 is 14.6 Å². The molecule has 1 saturated heterocycles. The van der Waals surface area contributed by atoms with E-state index in [0.717, 1.165) is 6.04 Å². The van der Waals surface area contributed by atoms with E-state index in [1.807, 2.05) is 6.55 Å². The minimum atomic E-state index is -1.86. The highest BCUT2D eigenvalue weighted by Crippen LogP contribution is 2.25. The van der Waals surface area contributed by atoms with Crippen molar-refractivity contribution in [3.8, 4) is 0 Å². The van der Waals surface area contributed by atoms with Crippen LogP contribution in [0.1, 0.15) is 6.42 Å². The summed E-state index contributed by atoms with van der Waals surface area (Å²) < 4.78 is 5.26. The Morgan fingerprint density at radius 1 is 1.64 bits per heavy atom. The molecule has 0 aromatic carbocycles. The highest BCUT2D eigenvalue weighted by Gasteiger charge is 2.36. The molecule has 0 aromatic heterocycles. The first-order valence-corrected chi connectivity index (χ1v) is 6.44. The first kappa shape index (κ1) is 8.93. The van der Waals surface area contributed by atoms with E-state index >= 15 is 0 Å². The van der Waals surface area contributed by atoms with E-state index in [-0.39, 0.29) is 0 Å². The number of hydrogen-bond donors (Lipinski definition) is 2. The standard InChI is InChI=1S/C7H14O3Si/c1-3-11(2)5-4-6(8)7(9)10-11/h3,6-9H,1,4-5H2,2H3. The second-order valence-corrected chi connectivity index (χ2v) is 6.90. The summed E-state index contributed by atoms with van der Waals surface area (Å²) in [6.07, 6.45) is -1.09. The van der Waals surface area contributed by atoms with Crippen LogP contribution >= 0.6 is 0 Å². The zero-order chi connectivity index (χ0) is 8.48. The topological polar surface area (TPSA) is 49.7 Å². The summed E-state index contributed by atoms with van der Waals surface area (Å²) in [5.41, 5.74) is 1.79. The van der Waals surface area contributed by atoms with Crippen molar-refractivity contribution in [1.29, 1.82) is 0 Å². The summed E-state index contributed by atoms with van der Waals surface area (Å²) in [5.74, 6) is 0. The van der Waals surface area contributed by atoms with Crippen LogP contribution in [0.15, 0.2) is 12.3 Å². The predicted molar refractivity (Wildman–Crippen MR) is 44.3 cm³/mol. The van der Waals surface area contributed by atoms with Crippen molar-refractivity contribution < 1.29 is 14.6 Å². The molecule has 0 aliphatic carbocycles. The molecule has 1 aliphatic heterocycles. The molecule has 0 amide bonds. The van der Waals surface area contributed by atoms with Crippen LogP contribution in [0.3, 0.4) is 0 Å². The summed E-state index contributed by atoms with van der Waals surface area (Å²) in [6, 6.07) is 0.842. The van der Waals surface area contributed by atoms with E-state index in [0.29, 0.717) is 6.42 Å². The molecule has 1 rings (SSSR count). The summed E-state index contributed by atoms with van der Waals surface area (Å²) >= 11 is 0. The molecule has 1 fully saturated rings. The molecule has 64 valence electrons. The average Bonchev–Trinajstić information content (AvgIpc) is 1.98. The molecule has 0 radical (unpaired) electrons. The minimum Gasteiger partial charge on any atom is -0.388 e. The van der Waals surface area contributed by atoms with Crippen LogP contribution in [0, 0.1) is 0 Å². The van der Waals surface area contributed by atoms with Gasteiger partial charge in [-0.25, -0.2) is 0 Å². The molecule has 3 nitrogen and oxygen atoms in total. The van der Waals surface area contributed by atoms with Gasteiger partial charge in [0.25, 0.3) is 0 Å². The first-order valence-electron chi connectivity index (χ1n) is 3.75. The molecule has 0 spiro atoms. The fourth-order valence-electron chi connectivity index (χ4n) is 1.14. The van der Waals surface area contributed by atoms with Crippen LogP contribution in [-0.4, -0.2) is 30.9 Å². The number of hydrogen-bond acceptors (Lipinski definition) is 3. The van der Waals surface area contributed by atoms with Crippen molar-refractivity contribution in [2.75, 3.05) is 0 Å². The Kier molecular flexibility index (Phi) is 2.49. The SMILES string of the molecule is C=C[Si]1(C)CCC(O)C(O)O1. The van der Waals surface area contributed by atoms with Crippen molar-refractivity contribution in [2.24, 2.45) is 0 Å². The molecule has 0 aromatic rings. The Bertz CT molecular complexity index is 162. The maximum atomic E-state index is 9.16. The predicted octanol–water partition coefficient (Wildman–Crippen LogP) is 0.386. The van der Waals surface area contributed by atoms with Gasteiger partial charge in [-0.15, -0.1) is 6.58 Å². The lowest BCUT2D eigenvalue weighted by Crippen LogP contribution is -2.47. The van der Waals surface area contributed by atoms with Crippen molar-refractivity contribution in [1.82, 2.24) is 0 Å². The Balaban J connectivity index is 2.58. The second-order valence-electron chi connectivity index (χ2n) is 3.13. The lowest BCUT2D eigenvalue weighted by molar-refractivity contribution is -0.120. The van der Waals surface area contributed by atoms with Crippen LogP contribution in [0.4, 0.5) is 0 Å². The van der Waals surface area contributed by atoms with E-state index in [1.54, 1.807) is 5.70 Å². The molecule has 0 saturated carbocycles. The number of aliphatic hydroxyl groups excluding tert-OH is 2. The highest BCUT2D eigenvalue weighted by atomic mass is 28.4. The molecule has 2 N–H and O–H groups in total. The molecule has 4 heteroatoms. The van der Waals surface area contributed by atoms with Gasteiger partial charge in [0.1, 0.15) is 6.10 Å². The zero-order valence-corrected chi connectivity index (χ0v) is 7.66. The van der Waals surface area contributed by atoms with Crippen LogP contribution in [0.5, 0.6) is 0 Å². The average molecular weight is 174 g/mol. The largest absolute Gasteiger partial charge is 0.388 e. The molecule has 11 heavy (non-hydrogen) atoms. The fraction of sp³-hybridized carbons (Fsp3) is 0.714. The van der Waals surface area contributed by atoms with E-state index in [9.17, 15) is 0 Å². The van der Waals surface area contributed by atoms with Gasteiger partial charge in [-0.2, -0.15) is 0 Å². The van der Waals surface area contributed by atoms with Gasteiger partial charge in [-0.05, 0) is 19.0 Å². The van der Waals surface area contributed by atoms with Crippen molar-refractivity contribution in [3.63, 3.8) is 0 Å². The van der Waals surface area contributed by atoms with Gasteiger partial charge in [0.2, 0.25) is 8.32 Å². The van der Waals surface area contributed by atoms with Crippen LogP contribution in [0.2, 0.25) is 12.6 Å². The van der Waals surface area contributed by atoms with Crippen molar-refractivity contribution >= 4 is 8.32 Å². The summed E-state index contributed by atoms with van der Waals surface area (Å²) in [7, 11) is -1.86. The van der Waals surface area contributed by atoms with Crippen molar-refractivity contribution in [2.45, 2.75) is 31.4 Å². The summed E-state index contributed by atoms with van der Waals surface area (Å²) in [5, 5.41) is 18.3. The zero-order valence-electron chi connectivity index (χ0n) is 6.66. The fourth-order valence-corrected chi connectivity index (χ4v) is 3.14. The van der Waals surface area contributed by atoms with Gasteiger partial charge in [0.15, 0.2) is 6.29 Å². The lowest BCUT2D eigenvalue weighted by Gasteiger charge is -2.35. The molecular formula is C7H14O3Si. The van der Waals surface area contributed by atoms with Gasteiger partial charge in [-0.3, -0.25) is 0 Å². The maximum absolute atomic E-state index is 9.16. The third-order valence-electron chi connectivity index (χ3n) is 2.09. The molecule has 1 aliphatic rings. The highest BCUT2D eigenvalue weighted by molar-refractivity contribution is 6.77. The first-order chi connectivity index (χ1) is 5.07. The summed E-state index contributed by atoms with van der Waals surface area (Å²) in [6.45, 7) is 5.64. The maximum Gasteiger partial charge on any atom is 0.217 e. The monoisotopic (exact) mass is 174 g/mol. The number of aliphatic hydroxyl groups is 2. The Morgan fingerprint density at radius 3 is 2.73 bits per heavy atom. The van der Waals surface area contributed by atoms with E-state index < -0.39 is 20.7 Å². The smallest absolute Gasteiger partial charge is 0.217 e. The van der Waals surface area contributed by atoms with Crippen LogP contribution < -0.4 is 0 Å². The Labute approximate surface area is 67.4 Å². The molecule has 3 unspecified atom stereocenters. The number of rotatable bonds is 1. The van der Waals surface area contributed by atoms with Gasteiger partial charge >= 0.3 is 0 Å². The minimum absolute atomic E-state index is 0.621. The molecular weight excluding hydrogens is 160 g/mol. The molecule has 3 atom stereocenters. The van der Waals surface area contributed by atoms with E-state index in [2.05, 4.69) is 6.58 Å².